The Hall–Kier alpha value is -3.10. The number of benzene rings is 4. The first kappa shape index (κ1) is 26.5. The van der Waals surface area contributed by atoms with Crippen molar-refractivity contribution in [3.8, 4) is 11.5 Å². The van der Waals surface area contributed by atoms with Gasteiger partial charge in [-0.2, -0.15) is 0 Å². The van der Waals surface area contributed by atoms with E-state index in [4.69, 9.17) is 9.47 Å². The van der Waals surface area contributed by atoms with Crippen LogP contribution in [0, 0.1) is 0 Å². The quantitative estimate of drug-likeness (QED) is 0.230. The largest absolute Gasteiger partial charge is 0.483 e. The van der Waals surface area contributed by atoms with Gasteiger partial charge >= 0.3 is 0 Å². The molecule has 2 amide bonds. The number of amides is 2. The van der Waals surface area contributed by atoms with Gasteiger partial charge in [-0.3, -0.25) is 9.59 Å². The highest BCUT2D eigenvalue weighted by Crippen LogP contribution is 2.34. The molecule has 1 saturated carbocycles. The van der Waals surface area contributed by atoms with Gasteiger partial charge in [0.05, 0.1) is 8.95 Å². The van der Waals surface area contributed by atoms with Gasteiger partial charge in [0.15, 0.2) is 13.2 Å². The van der Waals surface area contributed by atoms with Gasteiger partial charge in [-0.1, -0.05) is 73.5 Å². The van der Waals surface area contributed by atoms with Crippen molar-refractivity contribution in [1.82, 2.24) is 10.6 Å². The molecule has 0 spiro atoms. The van der Waals surface area contributed by atoms with E-state index in [1.165, 1.54) is 0 Å². The fraction of sp³-hybridized carbons (Fsp3) is 0.267. The minimum atomic E-state index is -0.215. The number of carbonyl (C=O) groups excluding carboxylic acids is 2. The van der Waals surface area contributed by atoms with Crippen molar-refractivity contribution in [2.45, 2.75) is 37.8 Å². The third-order valence-corrected chi connectivity index (χ3v) is 8.47. The van der Waals surface area contributed by atoms with E-state index < -0.39 is 0 Å². The van der Waals surface area contributed by atoms with Crippen LogP contribution < -0.4 is 20.1 Å². The van der Waals surface area contributed by atoms with E-state index in [0.29, 0.717) is 11.5 Å². The van der Waals surface area contributed by atoms with Gasteiger partial charge in [0.25, 0.3) is 11.8 Å². The summed E-state index contributed by atoms with van der Waals surface area (Å²) in [7, 11) is 0. The zero-order valence-corrected chi connectivity index (χ0v) is 23.9. The highest BCUT2D eigenvalue weighted by atomic mass is 79.9. The summed E-state index contributed by atoms with van der Waals surface area (Å²) in [6.07, 6.45) is 3.59. The van der Waals surface area contributed by atoms with Crippen LogP contribution in [0.4, 0.5) is 0 Å². The monoisotopic (exact) mass is 638 g/mol. The molecule has 38 heavy (non-hydrogen) atoms. The summed E-state index contributed by atoms with van der Waals surface area (Å²) in [5, 5.41) is 10.4. The lowest BCUT2D eigenvalue weighted by Crippen LogP contribution is -2.54. The number of ether oxygens (including phenoxy) is 2. The summed E-state index contributed by atoms with van der Waals surface area (Å²) in [4.78, 5) is 25.5. The number of fused-ring (bicyclic) bond motifs is 2. The third kappa shape index (κ3) is 6.13. The molecule has 2 unspecified atom stereocenters. The number of hydrogen-bond acceptors (Lipinski definition) is 4. The molecule has 0 bridgehead atoms. The first-order valence-corrected chi connectivity index (χ1v) is 14.3. The maximum Gasteiger partial charge on any atom is 0.258 e. The van der Waals surface area contributed by atoms with Crippen LogP contribution in [0.3, 0.4) is 0 Å². The standard InChI is InChI=1S/C30H28Br2N2O4/c31-29-21-9-3-1-7-19(21)13-15-25(29)37-17-27(35)33-23-11-5-6-12-24(23)34-28(36)18-38-26-16-14-20-8-2-4-10-22(20)30(26)32/h1-4,7-10,13-16,23-24H,5-6,11-12,17-18H2,(H,33,35)(H,34,36). The summed E-state index contributed by atoms with van der Waals surface area (Å²) in [5.41, 5.74) is 0. The highest BCUT2D eigenvalue weighted by molar-refractivity contribution is 9.11. The number of halogens is 2. The molecule has 5 rings (SSSR count). The lowest BCUT2D eigenvalue weighted by molar-refractivity contribution is -0.127. The summed E-state index contributed by atoms with van der Waals surface area (Å²) in [5.74, 6) is 0.800. The van der Waals surface area contributed by atoms with Crippen LogP contribution in [-0.4, -0.2) is 37.1 Å². The molecular formula is C30H28Br2N2O4. The summed E-state index contributed by atoms with van der Waals surface area (Å²) in [6, 6.07) is 23.3. The second kappa shape index (κ2) is 12.2. The van der Waals surface area contributed by atoms with Crippen molar-refractivity contribution >= 4 is 65.2 Å². The summed E-state index contributed by atoms with van der Waals surface area (Å²) < 4.78 is 13.3. The Morgan fingerprint density at radius 1 is 0.658 bits per heavy atom. The van der Waals surface area contributed by atoms with Crippen molar-refractivity contribution in [2.75, 3.05) is 13.2 Å². The van der Waals surface area contributed by atoms with E-state index in [2.05, 4.69) is 42.5 Å². The summed E-state index contributed by atoms with van der Waals surface area (Å²) >= 11 is 7.19. The predicted molar refractivity (Wildman–Crippen MR) is 157 cm³/mol. The molecule has 2 N–H and O–H groups in total. The first-order valence-electron chi connectivity index (χ1n) is 12.7. The Balaban J connectivity index is 1.14. The van der Waals surface area contributed by atoms with E-state index in [1.807, 2.05) is 72.8 Å². The molecule has 8 heteroatoms. The van der Waals surface area contributed by atoms with Gasteiger partial charge in [-0.05, 0) is 78.4 Å². The predicted octanol–water partition coefficient (Wildman–Crippen LogP) is 6.52. The fourth-order valence-corrected chi connectivity index (χ4v) is 6.13. The Morgan fingerprint density at radius 2 is 1.08 bits per heavy atom. The molecule has 1 fully saturated rings. The molecule has 0 saturated heterocycles. The van der Waals surface area contributed by atoms with Crippen LogP contribution in [-0.2, 0) is 9.59 Å². The lowest BCUT2D eigenvalue weighted by atomic mass is 9.90. The Labute approximate surface area is 238 Å². The van der Waals surface area contributed by atoms with Gasteiger partial charge in [0.2, 0.25) is 0 Å². The molecule has 1 aliphatic rings. The average molecular weight is 640 g/mol. The molecule has 4 aromatic carbocycles. The first-order chi connectivity index (χ1) is 18.5. The molecule has 0 aliphatic heterocycles. The second-order valence-corrected chi connectivity index (χ2v) is 11.0. The van der Waals surface area contributed by atoms with Crippen LogP contribution in [0.5, 0.6) is 11.5 Å². The fourth-order valence-electron chi connectivity index (χ4n) is 4.91. The van der Waals surface area contributed by atoms with E-state index in [0.717, 1.165) is 56.2 Å². The van der Waals surface area contributed by atoms with E-state index in [9.17, 15) is 9.59 Å². The molecule has 0 heterocycles. The Bertz CT molecular complexity index is 1360. The van der Waals surface area contributed by atoms with Gasteiger partial charge in [0, 0.05) is 12.1 Å². The number of nitrogens with one attached hydrogen (secondary N) is 2. The number of rotatable bonds is 8. The summed E-state index contributed by atoms with van der Waals surface area (Å²) in [6.45, 7) is -0.208. The maximum atomic E-state index is 12.8. The van der Waals surface area contributed by atoms with E-state index in [-0.39, 0.29) is 37.1 Å². The van der Waals surface area contributed by atoms with E-state index >= 15 is 0 Å². The van der Waals surface area contributed by atoms with E-state index in [1.54, 1.807) is 0 Å². The van der Waals surface area contributed by atoms with Crippen molar-refractivity contribution in [3.63, 3.8) is 0 Å². The van der Waals surface area contributed by atoms with Crippen LogP contribution in [0.15, 0.2) is 81.7 Å². The minimum absolute atomic E-state index is 0.104. The minimum Gasteiger partial charge on any atom is -0.483 e. The molecular weight excluding hydrogens is 612 g/mol. The molecule has 1 aliphatic carbocycles. The van der Waals surface area contributed by atoms with Crippen LogP contribution >= 0.6 is 31.9 Å². The van der Waals surface area contributed by atoms with Crippen molar-refractivity contribution < 1.29 is 19.1 Å². The van der Waals surface area contributed by atoms with Gasteiger partial charge in [-0.25, -0.2) is 0 Å². The Morgan fingerprint density at radius 3 is 1.53 bits per heavy atom. The van der Waals surface area contributed by atoms with Crippen molar-refractivity contribution in [1.29, 1.82) is 0 Å². The van der Waals surface area contributed by atoms with Crippen LogP contribution in [0.1, 0.15) is 25.7 Å². The Kier molecular flexibility index (Phi) is 8.49. The second-order valence-electron chi connectivity index (χ2n) is 9.41. The number of hydrogen-bond donors (Lipinski definition) is 2. The zero-order chi connectivity index (χ0) is 26.5. The molecule has 0 aromatic heterocycles. The van der Waals surface area contributed by atoms with Gasteiger partial charge < -0.3 is 20.1 Å². The SMILES string of the molecule is O=C(COc1ccc2ccccc2c1Br)NC1CCCCC1NC(=O)COc1ccc2ccccc2c1Br. The maximum absolute atomic E-state index is 12.8. The zero-order valence-electron chi connectivity index (χ0n) is 20.7. The van der Waals surface area contributed by atoms with Crippen molar-refractivity contribution in [2.24, 2.45) is 0 Å². The molecule has 2 atom stereocenters. The highest BCUT2D eigenvalue weighted by Gasteiger charge is 2.28. The molecule has 4 aromatic rings. The van der Waals surface area contributed by atoms with Crippen molar-refractivity contribution in [3.05, 3.63) is 81.7 Å². The smallest absolute Gasteiger partial charge is 0.258 e. The van der Waals surface area contributed by atoms with Gasteiger partial charge in [0.1, 0.15) is 11.5 Å². The average Bonchev–Trinajstić information content (AvgIpc) is 2.94. The number of carbonyl (C=O) groups is 2. The third-order valence-electron chi connectivity index (χ3n) is 6.83. The molecule has 196 valence electrons. The molecule has 6 nitrogen and oxygen atoms in total. The van der Waals surface area contributed by atoms with Crippen LogP contribution in [0.2, 0.25) is 0 Å². The van der Waals surface area contributed by atoms with Gasteiger partial charge in [-0.15, -0.1) is 0 Å². The molecule has 0 radical (unpaired) electrons. The normalized spacial score (nSPS) is 17.2. The lowest BCUT2D eigenvalue weighted by Gasteiger charge is -2.32. The van der Waals surface area contributed by atoms with Crippen LogP contribution in [0.25, 0.3) is 21.5 Å². The topological polar surface area (TPSA) is 76.7 Å².